The zero-order chi connectivity index (χ0) is 13.5. The van der Waals surface area contributed by atoms with Gasteiger partial charge in [-0.1, -0.05) is 0 Å². The first kappa shape index (κ1) is 13.6. The van der Waals surface area contributed by atoms with Crippen LogP contribution in [0.15, 0.2) is 11.0 Å². The zero-order valence-corrected chi connectivity index (χ0v) is 11.2. The van der Waals surface area contributed by atoms with Crippen LogP contribution in [0.4, 0.5) is 10.2 Å². The molecule has 18 heavy (non-hydrogen) atoms. The Hall–Kier alpha value is -0.780. The number of anilines is 1. The molecule has 0 unspecified atom stereocenters. The predicted molar refractivity (Wildman–Crippen MR) is 67.3 cm³/mol. The van der Waals surface area contributed by atoms with Crippen LogP contribution >= 0.6 is 22.6 Å². The van der Waals surface area contributed by atoms with Crippen LogP contribution < -0.4 is 11.4 Å². The van der Waals surface area contributed by atoms with Crippen molar-refractivity contribution in [2.24, 2.45) is 0 Å². The summed E-state index contributed by atoms with van der Waals surface area (Å²) in [6.45, 7) is -0.541. The summed E-state index contributed by atoms with van der Waals surface area (Å²) in [6, 6.07) is 0. The molecule has 9 heteroatoms. The number of nitrogen functional groups attached to an aromatic ring is 1. The molecule has 2 heterocycles. The molecule has 1 saturated heterocycles. The van der Waals surface area contributed by atoms with Crippen LogP contribution in [0, 0.1) is 3.57 Å². The molecule has 1 aliphatic heterocycles. The molecule has 0 amide bonds. The number of aromatic nitrogens is 2. The highest BCUT2D eigenvalue weighted by atomic mass is 127. The lowest BCUT2D eigenvalue weighted by molar-refractivity contribution is -0.205. The summed E-state index contributed by atoms with van der Waals surface area (Å²) < 4.78 is 20.4. The van der Waals surface area contributed by atoms with Gasteiger partial charge in [0.25, 0.3) is 5.98 Å². The second-order valence-corrected chi connectivity index (χ2v) is 5.09. The second-order valence-electron chi connectivity index (χ2n) is 3.93. The number of hydrogen-bond donors (Lipinski definition) is 3. The molecule has 4 N–H and O–H groups in total. The van der Waals surface area contributed by atoms with Crippen molar-refractivity contribution >= 4 is 28.4 Å². The number of aliphatic hydroxyl groups excluding tert-OH is 2. The molecule has 1 fully saturated rings. The predicted octanol–water partition coefficient (Wildman–Crippen LogP) is -0.848. The standard InChI is InChI=1S/C9H11FIN3O4/c10-9(1-5(16)6(3-15)18-9)14-2-4(11)7(12)13-8(14)17/h2,5-6,15-16H,1,3H2,(H2,12,13,17)/t5-,6+,9-/m0/s1. The fourth-order valence-corrected chi connectivity index (χ4v) is 2.15. The van der Waals surface area contributed by atoms with Gasteiger partial charge in [0.1, 0.15) is 11.9 Å². The Morgan fingerprint density at radius 1 is 1.78 bits per heavy atom. The highest BCUT2D eigenvalue weighted by molar-refractivity contribution is 14.1. The lowest BCUT2D eigenvalue weighted by Crippen LogP contribution is -2.39. The average molecular weight is 371 g/mol. The Morgan fingerprint density at radius 2 is 2.44 bits per heavy atom. The Morgan fingerprint density at radius 3 is 3.00 bits per heavy atom. The molecule has 7 nitrogen and oxygen atoms in total. The van der Waals surface area contributed by atoms with E-state index < -0.39 is 36.9 Å². The SMILES string of the molecule is Nc1nc(=O)n([C@@]2(F)C[C@H](O)[C@@H](CO)O2)cc1I. The molecule has 0 bridgehead atoms. The van der Waals surface area contributed by atoms with E-state index in [0.717, 1.165) is 6.20 Å². The van der Waals surface area contributed by atoms with Gasteiger partial charge in [0, 0.05) is 6.20 Å². The Labute approximate surface area is 115 Å². The highest BCUT2D eigenvalue weighted by Crippen LogP contribution is 2.35. The minimum absolute atomic E-state index is 0.00213. The molecule has 0 aromatic carbocycles. The van der Waals surface area contributed by atoms with E-state index in [2.05, 4.69) is 4.98 Å². The van der Waals surface area contributed by atoms with E-state index in [9.17, 15) is 14.3 Å². The summed E-state index contributed by atoms with van der Waals surface area (Å²) in [6.07, 6.45) is -1.56. The quantitative estimate of drug-likeness (QED) is 0.585. The number of rotatable bonds is 2. The fraction of sp³-hybridized carbons (Fsp3) is 0.556. The number of ether oxygens (including phenoxy) is 1. The van der Waals surface area contributed by atoms with Crippen LogP contribution in [0.25, 0.3) is 0 Å². The van der Waals surface area contributed by atoms with Gasteiger partial charge in [-0.2, -0.15) is 9.37 Å². The number of alkyl halides is 1. The van der Waals surface area contributed by atoms with Crippen molar-refractivity contribution in [2.45, 2.75) is 24.6 Å². The van der Waals surface area contributed by atoms with Gasteiger partial charge in [0.15, 0.2) is 0 Å². The molecule has 0 spiro atoms. The number of nitrogens with zero attached hydrogens (tertiary/aromatic N) is 2. The van der Waals surface area contributed by atoms with Crippen molar-refractivity contribution in [3.63, 3.8) is 0 Å². The lowest BCUT2D eigenvalue weighted by atomic mass is 10.2. The molecule has 2 rings (SSSR count). The van der Waals surface area contributed by atoms with Gasteiger partial charge in [0.05, 0.1) is 22.7 Å². The van der Waals surface area contributed by atoms with E-state index in [1.165, 1.54) is 0 Å². The van der Waals surface area contributed by atoms with E-state index in [1.807, 2.05) is 0 Å². The number of nitrogens with two attached hydrogens (primary N) is 1. The first-order valence-electron chi connectivity index (χ1n) is 5.08. The molecule has 1 aromatic rings. The lowest BCUT2D eigenvalue weighted by Gasteiger charge is -2.22. The van der Waals surface area contributed by atoms with Crippen LogP contribution in [-0.4, -0.2) is 38.6 Å². The van der Waals surface area contributed by atoms with Gasteiger partial charge in [-0.15, -0.1) is 0 Å². The monoisotopic (exact) mass is 371 g/mol. The molecular weight excluding hydrogens is 360 g/mol. The van der Waals surface area contributed by atoms with Crippen LogP contribution in [0.2, 0.25) is 0 Å². The summed E-state index contributed by atoms with van der Waals surface area (Å²) in [7, 11) is 0. The van der Waals surface area contributed by atoms with Gasteiger partial charge in [-0.3, -0.25) is 0 Å². The van der Waals surface area contributed by atoms with Crippen molar-refractivity contribution in [3.05, 3.63) is 20.3 Å². The average Bonchev–Trinajstić information content (AvgIpc) is 2.59. The normalized spacial score (nSPS) is 31.8. The van der Waals surface area contributed by atoms with Gasteiger partial charge in [-0.25, -0.2) is 9.36 Å². The van der Waals surface area contributed by atoms with Gasteiger partial charge in [-0.05, 0) is 22.6 Å². The minimum Gasteiger partial charge on any atom is -0.394 e. The molecule has 100 valence electrons. The van der Waals surface area contributed by atoms with Crippen LogP contribution in [0.3, 0.4) is 0 Å². The minimum atomic E-state index is -2.52. The van der Waals surface area contributed by atoms with E-state index >= 15 is 0 Å². The molecule has 3 atom stereocenters. The second kappa shape index (κ2) is 4.72. The van der Waals surface area contributed by atoms with E-state index in [0.29, 0.717) is 8.14 Å². The maximum atomic E-state index is 14.5. The van der Waals surface area contributed by atoms with Crippen LogP contribution in [-0.2, 0) is 10.7 Å². The fourth-order valence-electron chi connectivity index (χ4n) is 1.75. The van der Waals surface area contributed by atoms with Crippen molar-refractivity contribution in [1.29, 1.82) is 0 Å². The summed E-state index contributed by atoms with van der Waals surface area (Å²) in [5, 5.41) is 18.4. The number of halogens is 2. The van der Waals surface area contributed by atoms with Crippen molar-refractivity contribution in [3.8, 4) is 0 Å². The van der Waals surface area contributed by atoms with Crippen molar-refractivity contribution in [1.82, 2.24) is 9.55 Å². The Kier molecular flexibility index (Phi) is 3.58. The van der Waals surface area contributed by atoms with Crippen LogP contribution in [0.5, 0.6) is 0 Å². The van der Waals surface area contributed by atoms with Gasteiger partial charge < -0.3 is 20.7 Å². The maximum absolute atomic E-state index is 14.5. The van der Waals surface area contributed by atoms with Crippen molar-refractivity contribution in [2.75, 3.05) is 12.3 Å². The maximum Gasteiger partial charge on any atom is 0.354 e. The van der Waals surface area contributed by atoms with Gasteiger partial charge in [0.2, 0.25) is 0 Å². The number of aliphatic hydroxyl groups is 2. The third-order valence-electron chi connectivity index (χ3n) is 2.67. The van der Waals surface area contributed by atoms with Crippen molar-refractivity contribution < 1.29 is 19.3 Å². The summed E-state index contributed by atoms with van der Waals surface area (Å²) in [4.78, 5) is 15.0. The summed E-state index contributed by atoms with van der Waals surface area (Å²) >= 11 is 1.80. The third kappa shape index (κ3) is 2.22. The van der Waals surface area contributed by atoms with E-state index in [-0.39, 0.29) is 5.82 Å². The topological polar surface area (TPSA) is 111 Å². The zero-order valence-electron chi connectivity index (χ0n) is 9.08. The number of hydrogen-bond acceptors (Lipinski definition) is 6. The molecule has 1 aromatic heterocycles. The van der Waals surface area contributed by atoms with E-state index in [4.69, 9.17) is 15.6 Å². The van der Waals surface area contributed by atoms with Crippen LogP contribution in [0.1, 0.15) is 6.42 Å². The first-order chi connectivity index (χ1) is 8.37. The smallest absolute Gasteiger partial charge is 0.354 e. The molecule has 1 aliphatic rings. The third-order valence-corrected chi connectivity index (χ3v) is 3.50. The molecule has 0 aliphatic carbocycles. The summed E-state index contributed by atoms with van der Waals surface area (Å²) in [5.41, 5.74) is 4.51. The summed E-state index contributed by atoms with van der Waals surface area (Å²) in [5.74, 6) is -2.53. The Bertz CT molecular complexity index is 525. The highest BCUT2D eigenvalue weighted by Gasteiger charge is 2.48. The molecular formula is C9H11FIN3O4. The Balaban J connectivity index is 2.43. The van der Waals surface area contributed by atoms with Gasteiger partial charge >= 0.3 is 5.69 Å². The largest absolute Gasteiger partial charge is 0.394 e. The molecule has 0 radical (unpaired) electrons. The van der Waals surface area contributed by atoms with E-state index in [1.54, 1.807) is 22.6 Å². The first-order valence-corrected chi connectivity index (χ1v) is 6.16. The molecule has 0 saturated carbocycles.